The molecule has 3 aliphatic carbocycles. The molecule has 14 rings (SSSR count). The lowest BCUT2D eigenvalue weighted by Gasteiger charge is -2.47. The number of hydrogen-bond acceptors (Lipinski definition) is 0. The molecule has 1 heterocycles. The average Bonchev–Trinajstić information content (AvgIpc) is 3.75. The Morgan fingerprint density at radius 2 is 0.953 bits per heavy atom. The minimum Gasteiger partial charge on any atom is -0.309 e. The largest absolute Gasteiger partial charge is 0.309 e. The molecule has 3 aliphatic rings. The third-order valence-electron chi connectivity index (χ3n) is 14.0. The summed E-state index contributed by atoms with van der Waals surface area (Å²) in [6, 6.07) is 76.4. The Labute approximate surface area is 382 Å². The van der Waals surface area contributed by atoms with Crippen molar-refractivity contribution >= 4 is 50.6 Å². The van der Waals surface area contributed by atoms with Crippen LogP contribution in [0, 0.1) is 0 Å². The molecule has 10 aromatic carbocycles. The van der Waals surface area contributed by atoms with E-state index in [1.807, 2.05) is 36.4 Å². The van der Waals surface area contributed by atoms with Gasteiger partial charge in [-0.2, -0.15) is 0 Å². The summed E-state index contributed by atoms with van der Waals surface area (Å²) in [6.45, 7) is 0. The molecule has 0 N–H and O–H groups in total. The number of nitrogens with zero attached hydrogens (tertiary/aromatic N) is 1. The predicted molar refractivity (Wildman–Crippen MR) is 270 cm³/mol. The van der Waals surface area contributed by atoms with Crippen molar-refractivity contribution in [3.8, 4) is 27.9 Å². The highest BCUT2D eigenvalue weighted by atomic mass is 28.3. The van der Waals surface area contributed by atoms with Crippen LogP contribution < -0.4 is 20.7 Å². The molecule has 300 valence electrons. The summed E-state index contributed by atoms with van der Waals surface area (Å²) in [5.74, 6) is -0.318. The maximum Gasteiger partial charge on any atom is 0.179 e. The van der Waals surface area contributed by atoms with Gasteiger partial charge in [0.1, 0.15) is 0 Å². The highest BCUT2D eigenvalue weighted by molar-refractivity contribution is 7.20. The van der Waals surface area contributed by atoms with Gasteiger partial charge in [-0.05, 0) is 101 Å². The van der Waals surface area contributed by atoms with Crippen molar-refractivity contribution in [1.82, 2.24) is 4.57 Å². The van der Waals surface area contributed by atoms with Gasteiger partial charge in [-0.15, -0.1) is 0 Å². The molecule has 64 heavy (non-hydrogen) atoms. The Kier molecular flexibility index (Phi) is 7.32. The lowest BCUT2D eigenvalue weighted by atomic mass is 9.60. The van der Waals surface area contributed by atoms with Crippen molar-refractivity contribution in [2.24, 2.45) is 0 Å². The van der Waals surface area contributed by atoms with Gasteiger partial charge in [0.25, 0.3) is 0 Å². The first-order valence-corrected chi connectivity index (χ1v) is 24.1. The highest BCUT2D eigenvalue weighted by Crippen LogP contribution is 2.57. The van der Waals surface area contributed by atoms with E-state index in [9.17, 15) is 2.74 Å². The van der Waals surface area contributed by atoms with E-state index in [1.54, 1.807) is 0 Å². The molecule has 0 radical (unpaired) electrons. The number of hydrogen-bond donors (Lipinski definition) is 0. The molecular weight excluding hydrogens is 787 g/mol. The SMILES string of the molecule is [2H]c1c([2H])c([2H])c([Si](c2ccccc2)(c2ccccc2)c2cccc3c2C2c4ccccc4C3c3cccc(-c4ccc5c6ccccc6n(-c6cccc(-c7ccccc7)c6)c5c4)c32)c([2H])c1[2H]. The Bertz CT molecular complexity index is 3800. The van der Waals surface area contributed by atoms with Crippen molar-refractivity contribution in [3.05, 3.63) is 282 Å². The summed E-state index contributed by atoms with van der Waals surface area (Å²) in [7, 11) is -3.76. The monoisotopic (exact) mass is 834 g/mol. The molecule has 0 amide bonds. The van der Waals surface area contributed by atoms with E-state index in [-0.39, 0.29) is 42.0 Å². The van der Waals surface area contributed by atoms with Gasteiger partial charge in [-0.25, -0.2) is 0 Å². The van der Waals surface area contributed by atoms with Crippen molar-refractivity contribution < 1.29 is 6.85 Å². The van der Waals surface area contributed by atoms with Crippen LogP contribution in [0.5, 0.6) is 0 Å². The van der Waals surface area contributed by atoms with Crippen LogP contribution in [-0.2, 0) is 0 Å². The van der Waals surface area contributed by atoms with Gasteiger partial charge in [0.15, 0.2) is 8.07 Å². The van der Waals surface area contributed by atoms with E-state index in [4.69, 9.17) is 4.11 Å². The first-order valence-electron chi connectivity index (χ1n) is 24.6. The molecule has 0 spiro atoms. The topological polar surface area (TPSA) is 4.93 Å². The molecule has 11 aromatic rings. The second kappa shape index (κ2) is 14.7. The van der Waals surface area contributed by atoms with Gasteiger partial charge in [0, 0.05) is 28.3 Å². The van der Waals surface area contributed by atoms with Crippen molar-refractivity contribution in [3.63, 3.8) is 0 Å². The van der Waals surface area contributed by atoms with Crippen molar-refractivity contribution in [2.45, 2.75) is 11.8 Å². The lowest BCUT2D eigenvalue weighted by Crippen LogP contribution is -2.75. The molecular formula is C62H43NSi. The van der Waals surface area contributed by atoms with Gasteiger partial charge in [-0.3, -0.25) is 0 Å². The molecule has 0 aliphatic heterocycles. The number of aromatic nitrogens is 1. The third-order valence-corrected chi connectivity index (χ3v) is 18.6. The zero-order valence-corrected chi connectivity index (χ0v) is 35.9. The number of fused-ring (bicyclic) bond motifs is 3. The number of benzene rings is 10. The Morgan fingerprint density at radius 3 is 1.70 bits per heavy atom. The minimum atomic E-state index is -3.76. The fourth-order valence-corrected chi connectivity index (χ4v) is 16.2. The highest BCUT2D eigenvalue weighted by Gasteiger charge is 2.49. The predicted octanol–water partition coefficient (Wildman–Crippen LogP) is 12.5. The third kappa shape index (κ3) is 5.36. The van der Waals surface area contributed by atoms with Crippen LogP contribution in [0.4, 0.5) is 0 Å². The molecule has 2 bridgehead atoms. The van der Waals surface area contributed by atoms with Crippen LogP contribution in [0.15, 0.2) is 249 Å². The summed E-state index contributed by atoms with van der Waals surface area (Å²) < 4.78 is 48.9. The lowest BCUT2D eigenvalue weighted by molar-refractivity contribution is 0.760. The van der Waals surface area contributed by atoms with Crippen LogP contribution in [0.1, 0.15) is 52.1 Å². The summed E-state index contributed by atoms with van der Waals surface area (Å²) in [4.78, 5) is 0. The summed E-state index contributed by atoms with van der Waals surface area (Å²) in [6.07, 6.45) is 0. The second-order valence-electron chi connectivity index (χ2n) is 17.1. The Morgan fingerprint density at radius 1 is 0.375 bits per heavy atom. The van der Waals surface area contributed by atoms with Crippen molar-refractivity contribution in [1.29, 1.82) is 0 Å². The van der Waals surface area contributed by atoms with Gasteiger partial charge in [0.2, 0.25) is 0 Å². The van der Waals surface area contributed by atoms with Gasteiger partial charge in [-0.1, -0.05) is 224 Å². The fourth-order valence-electron chi connectivity index (χ4n) is 11.5. The average molecular weight is 835 g/mol. The normalized spacial score (nSPS) is 16.0. The second-order valence-corrected chi connectivity index (χ2v) is 20.8. The van der Waals surface area contributed by atoms with E-state index in [2.05, 4.69) is 187 Å². The fraction of sp³-hybridized carbons (Fsp3) is 0.0323. The van der Waals surface area contributed by atoms with Crippen LogP contribution in [0.3, 0.4) is 0 Å². The minimum absolute atomic E-state index is 0.0923. The smallest absolute Gasteiger partial charge is 0.179 e. The van der Waals surface area contributed by atoms with Crippen LogP contribution in [0.25, 0.3) is 49.7 Å². The van der Waals surface area contributed by atoms with Gasteiger partial charge < -0.3 is 4.57 Å². The molecule has 1 aromatic heterocycles. The molecule has 0 fully saturated rings. The zero-order valence-electron chi connectivity index (χ0n) is 39.9. The van der Waals surface area contributed by atoms with E-state index in [1.165, 1.54) is 49.7 Å². The van der Waals surface area contributed by atoms with Crippen LogP contribution >= 0.6 is 0 Å². The molecule has 2 unspecified atom stereocenters. The van der Waals surface area contributed by atoms with E-state index in [0.29, 0.717) is 5.19 Å². The summed E-state index contributed by atoms with van der Waals surface area (Å²) >= 11 is 0. The van der Waals surface area contributed by atoms with Gasteiger partial charge >= 0.3 is 0 Å². The quantitative estimate of drug-likeness (QED) is 0.111. The zero-order chi connectivity index (χ0) is 46.5. The standard InChI is InChI=1S/C62H43NSi/c1-5-20-42(21-6-1)43-22-17-23-45(40-43)63-56-36-16-15-30-50(56)51-39-38-44(41-57(51)63)49-33-18-34-54-59-52-31-13-14-32-53(52)62(60(49)54)61-55(59)35-19-37-58(61)64(46-24-7-2-8-25-46,47-26-9-3-10-27-47)48-28-11-4-12-29-48/h1-41,59,62H/i2D,7D,8D,24D,25D. The Balaban J connectivity index is 1.10. The first kappa shape index (κ1) is 32.0. The summed E-state index contributed by atoms with van der Waals surface area (Å²) in [5.41, 5.74) is 15.4. The molecule has 0 saturated heterocycles. The molecule has 2 atom stereocenters. The van der Waals surface area contributed by atoms with E-state index in [0.717, 1.165) is 49.0 Å². The number of rotatable bonds is 7. The van der Waals surface area contributed by atoms with Crippen LogP contribution in [-0.4, -0.2) is 12.6 Å². The Hall–Kier alpha value is -7.78. The van der Waals surface area contributed by atoms with Gasteiger partial charge in [0.05, 0.1) is 17.9 Å². The van der Waals surface area contributed by atoms with E-state index >= 15 is 0 Å². The molecule has 2 heteroatoms. The van der Waals surface area contributed by atoms with Crippen LogP contribution in [0.2, 0.25) is 0 Å². The number of para-hydroxylation sites is 1. The van der Waals surface area contributed by atoms with E-state index < -0.39 is 8.07 Å². The maximum atomic E-state index is 9.77. The summed E-state index contributed by atoms with van der Waals surface area (Å²) in [5, 5.41) is 5.71. The first-order chi connectivity index (χ1) is 33.9. The van der Waals surface area contributed by atoms with Crippen molar-refractivity contribution in [2.75, 3.05) is 0 Å². The maximum absolute atomic E-state index is 9.77. The molecule has 1 nitrogen and oxygen atoms in total. The molecule has 0 saturated carbocycles.